The van der Waals surface area contributed by atoms with Crippen molar-refractivity contribution in [2.75, 3.05) is 19.8 Å². The molecule has 0 bridgehead atoms. The minimum atomic E-state index is -6.00. The van der Waals surface area contributed by atoms with E-state index < -0.39 is 7.25 Å². The van der Waals surface area contributed by atoms with Crippen LogP contribution in [0.3, 0.4) is 0 Å². The molecule has 0 spiro atoms. The summed E-state index contributed by atoms with van der Waals surface area (Å²) in [4.78, 5) is 2.43. The maximum Gasteiger partial charge on any atom is 0.673 e. The predicted octanol–water partition coefficient (Wildman–Crippen LogP) is 11.9. The molecule has 1 aromatic heterocycles. The number of halogens is 4. The van der Waals surface area contributed by atoms with Gasteiger partial charge in [0, 0.05) is 23.3 Å². The molecule has 0 saturated carbocycles. The van der Waals surface area contributed by atoms with Crippen LogP contribution < -0.4 is 14.2 Å². The Morgan fingerprint density at radius 2 is 0.773 bits per heavy atom. The molecule has 0 atom stereocenters. The first-order valence-electron chi connectivity index (χ1n) is 15.2. The zero-order valence-corrected chi connectivity index (χ0v) is 26.5. The van der Waals surface area contributed by atoms with E-state index in [0.29, 0.717) is 0 Å². The lowest BCUT2D eigenvalue weighted by atomic mass is 10.0. The highest BCUT2D eigenvalue weighted by molar-refractivity contribution is 7.18. The van der Waals surface area contributed by atoms with Crippen LogP contribution in [0, 0.1) is 0 Å². The lowest BCUT2D eigenvalue weighted by molar-refractivity contribution is 0.309. The summed E-state index contributed by atoms with van der Waals surface area (Å²) in [6.45, 7) is 8.81. The molecule has 0 amide bonds. The molecule has 0 aliphatic carbocycles. The van der Waals surface area contributed by atoms with Crippen molar-refractivity contribution >= 4 is 18.6 Å². The van der Waals surface area contributed by atoms with Gasteiger partial charge >= 0.3 is 7.25 Å². The Balaban J connectivity index is 0.000000978. The number of rotatable bonds is 15. The highest BCUT2D eigenvalue weighted by Gasteiger charge is 2.21. The molecule has 4 aromatic rings. The van der Waals surface area contributed by atoms with E-state index in [1.807, 2.05) is 0 Å². The monoisotopic (exact) mass is 628 g/mol. The minimum absolute atomic E-state index is 0.757. The fraction of sp³-hybridized carbons (Fsp3) is 0.343. The maximum atomic E-state index is 9.75. The highest BCUT2D eigenvalue weighted by Crippen LogP contribution is 2.38. The number of hydrogen-bond acceptors (Lipinski definition) is 3. The third-order valence-electron chi connectivity index (χ3n) is 6.56. The highest BCUT2D eigenvalue weighted by atomic mass is 32.1. The molecular weight excluding hydrogens is 587 g/mol. The van der Waals surface area contributed by atoms with E-state index in [-0.39, 0.29) is 0 Å². The summed E-state index contributed by atoms with van der Waals surface area (Å²) in [7, 11) is -6.00. The molecule has 0 aliphatic heterocycles. The van der Waals surface area contributed by atoms with Crippen LogP contribution in [0.25, 0.3) is 32.0 Å². The number of ether oxygens (including phenoxy) is 3. The van der Waals surface area contributed by atoms with E-state index in [1.54, 1.807) is 11.3 Å². The van der Waals surface area contributed by atoms with E-state index in [9.17, 15) is 17.3 Å². The van der Waals surface area contributed by atoms with Gasteiger partial charge in [-0.2, -0.15) is 0 Å². The van der Waals surface area contributed by atoms with Gasteiger partial charge in [-0.3, -0.25) is 0 Å². The smallest absolute Gasteiger partial charge is 0.494 e. The molecule has 0 unspecified atom stereocenters. The third kappa shape index (κ3) is 12.6. The Bertz CT molecular complexity index is 1200. The van der Waals surface area contributed by atoms with Crippen LogP contribution in [0.2, 0.25) is 0 Å². The summed E-state index contributed by atoms with van der Waals surface area (Å²) in [5.41, 5.74) is 4.73. The first kappa shape index (κ1) is 34.9. The second-order valence-electron chi connectivity index (χ2n) is 10.2. The fourth-order valence-electron chi connectivity index (χ4n) is 4.13. The van der Waals surface area contributed by atoms with Gasteiger partial charge in [0.2, 0.25) is 21.1 Å². The third-order valence-corrected chi connectivity index (χ3v) is 7.71. The van der Waals surface area contributed by atoms with Gasteiger partial charge in [0.05, 0.1) is 19.8 Å². The van der Waals surface area contributed by atoms with Crippen molar-refractivity contribution < 1.29 is 31.5 Å². The van der Waals surface area contributed by atoms with Crippen LogP contribution >= 0.6 is 11.3 Å². The summed E-state index contributed by atoms with van der Waals surface area (Å²) >= 11 is 1.80. The van der Waals surface area contributed by atoms with Crippen molar-refractivity contribution in [2.45, 2.75) is 59.3 Å². The van der Waals surface area contributed by atoms with Crippen molar-refractivity contribution in [1.82, 2.24) is 0 Å². The largest absolute Gasteiger partial charge is 0.673 e. The quantitative estimate of drug-likeness (QED) is 0.0567. The average molecular weight is 629 g/mol. The number of unbranched alkanes of at least 4 members (excludes halogenated alkanes) is 3. The van der Waals surface area contributed by atoms with Crippen LogP contribution in [0.15, 0.2) is 84.9 Å². The normalized spacial score (nSPS) is 11.0. The van der Waals surface area contributed by atoms with Gasteiger partial charge in [-0.15, -0.1) is 0 Å². The second kappa shape index (κ2) is 18.3. The van der Waals surface area contributed by atoms with Crippen LogP contribution in [-0.4, -0.2) is 27.1 Å². The molecule has 1 heterocycles. The van der Waals surface area contributed by atoms with Crippen molar-refractivity contribution in [2.24, 2.45) is 0 Å². The number of hydrogen-bond donors (Lipinski definition) is 0. The van der Waals surface area contributed by atoms with Gasteiger partial charge < -0.3 is 31.5 Å². The summed E-state index contributed by atoms with van der Waals surface area (Å²) < 4.78 is 56.7. The second-order valence-corrected chi connectivity index (χ2v) is 11.3. The van der Waals surface area contributed by atoms with Gasteiger partial charge in [-0.25, -0.2) is 0 Å². The van der Waals surface area contributed by atoms with Gasteiger partial charge in [-0.1, -0.05) is 52.2 Å². The van der Waals surface area contributed by atoms with Crippen LogP contribution in [0.5, 0.6) is 17.2 Å². The molecule has 0 N–H and O–H groups in total. The molecule has 9 heteroatoms. The molecule has 0 fully saturated rings. The van der Waals surface area contributed by atoms with Crippen molar-refractivity contribution in [3.8, 4) is 49.3 Å². The average Bonchev–Trinajstić information content (AvgIpc) is 3.01. The topological polar surface area (TPSA) is 27.7 Å². The summed E-state index contributed by atoms with van der Waals surface area (Å²) in [5, 5.41) is 0. The SMILES string of the molecule is CCCCOc1ccc(-c2cc(-c3ccc(OCCCC)cc3)[s+]c(-c3ccc(OCCCC)cc3)c2)cc1.F[B-](F)(F)F. The molecule has 3 nitrogen and oxygen atoms in total. The molecule has 44 heavy (non-hydrogen) atoms. The molecule has 3 aromatic carbocycles. The standard InChI is InChI=1S/C35H41O3S.BF4/c1-4-7-22-36-31-16-10-27(11-17-31)30-25-34(28-12-18-32(19-13-28)37-23-8-5-2)39-35(26-30)29-14-20-33(21-15-29)38-24-9-6-3;2-1(3,4)5/h10-21,25-26H,4-9,22-24H2,1-3H3;/q+1;-1. The molecule has 0 radical (unpaired) electrons. The van der Waals surface area contributed by atoms with Crippen LogP contribution in [0.4, 0.5) is 17.3 Å². The fourth-order valence-corrected chi connectivity index (χ4v) is 5.25. The lowest BCUT2D eigenvalue weighted by Gasteiger charge is -2.08. The van der Waals surface area contributed by atoms with Crippen molar-refractivity contribution in [1.29, 1.82) is 0 Å². The lowest BCUT2D eigenvalue weighted by Crippen LogP contribution is -2.02. The van der Waals surface area contributed by atoms with E-state index in [1.165, 1.54) is 32.0 Å². The van der Waals surface area contributed by atoms with Crippen molar-refractivity contribution in [3.63, 3.8) is 0 Å². The Morgan fingerprint density at radius 1 is 0.477 bits per heavy atom. The van der Waals surface area contributed by atoms with Gasteiger partial charge in [0.25, 0.3) is 0 Å². The Hall–Kier alpha value is -3.59. The van der Waals surface area contributed by atoms with Crippen LogP contribution in [-0.2, 0) is 0 Å². The van der Waals surface area contributed by atoms with Gasteiger partial charge in [-0.05, 0) is 91.1 Å². The molecular formula is C35H41BF4O3S. The summed E-state index contributed by atoms with van der Waals surface area (Å²) in [5.74, 6) is 2.76. The van der Waals surface area contributed by atoms with E-state index in [2.05, 4.69) is 106 Å². The summed E-state index contributed by atoms with van der Waals surface area (Å²) in [6.07, 6.45) is 6.60. The van der Waals surface area contributed by atoms with Gasteiger partial charge in [0.15, 0.2) is 0 Å². The maximum absolute atomic E-state index is 9.75. The number of benzene rings is 3. The molecule has 236 valence electrons. The Kier molecular flexibility index (Phi) is 14.5. The van der Waals surface area contributed by atoms with Crippen molar-refractivity contribution in [3.05, 3.63) is 84.9 Å². The first-order valence-corrected chi connectivity index (χ1v) is 16.1. The van der Waals surface area contributed by atoms with E-state index in [4.69, 9.17) is 14.2 Å². The first-order chi connectivity index (χ1) is 21.2. The van der Waals surface area contributed by atoms with E-state index >= 15 is 0 Å². The van der Waals surface area contributed by atoms with Gasteiger partial charge in [0.1, 0.15) is 17.2 Å². The molecule has 4 rings (SSSR count). The Morgan fingerprint density at radius 3 is 1.07 bits per heavy atom. The molecule has 0 aliphatic rings. The minimum Gasteiger partial charge on any atom is -0.494 e. The zero-order valence-electron chi connectivity index (χ0n) is 25.7. The van der Waals surface area contributed by atoms with E-state index in [0.717, 1.165) is 75.6 Å². The zero-order chi connectivity index (χ0) is 31.8. The van der Waals surface area contributed by atoms with Crippen LogP contribution in [0.1, 0.15) is 59.3 Å². The Labute approximate surface area is 262 Å². The summed E-state index contributed by atoms with van der Waals surface area (Å²) in [6, 6.07) is 30.0. The predicted molar refractivity (Wildman–Crippen MR) is 176 cm³/mol. The molecule has 0 saturated heterocycles.